The number of nitrogens with one attached hydrogen (secondary N) is 1. The van der Waals surface area contributed by atoms with E-state index >= 15 is 0 Å². The van der Waals surface area contributed by atoms with Crippen molar-refractivity contribution in [2.45, 2.75) is 0 Å². The van der Waals surface area contributed by atoms with Crippen LogP contribution in [0.25, 0.3) is 0 Å². The maximum absolute atomic E-state index is 4.30. The number of fused-ring (bicyclic) bond motifs is 1. The second kappa shape index (κ2) is 1.71. The van der Waals surface area contributed by atoms with Crippen LogP contribution in [0.2, 0.25) is 0 Å². The van der Waals surface area contributed by atoms with Gasteiger partial charge in [-0.1, -0.05) is 0 Å². The van der Waals surface area contributed by atoms with Gasteiger partial charge in [-0.15, -0.1) is 0 Å². The van der Waals surface area contributed by atoms with Gasteiger partial charge in [0, 0.05) is 19.6 Å². The molecule has 8 heavy (non-hydrogen) atoms. The van der Waals surface area contributed by atoms with Gasteiger partial charge in [-0.3, -0.25) is 0 Å². The molecule has 2 saturated heterocycles. The zero-order valence-electron chi connectivity index (χ0n) is 4.80. The van der Waals surface area contributed by atoms with Crippen molar-refractivity contribution in [1.29, 1.82) is 0 Å². The molecule has 0 spiro atoms. The van der Waals surface area contributed by atoms with Crippen molar-refractivity contribution in [3.63, 3.8) is 0 Å². The van der Waals surface area contributed by atoms with Crippen molar-refractivity contribution >= 4 is 0 Å². The molecule has 2 rings (SSSR count). The van der Waals surface area contributed by atoms with E-state index in [1.54, 1.807) is 0 Å². The van der Waals surface area contributed by atoms with Gasteiger partial charge in [0.1, 0.15) is 0 Å². The molecule has 1 N–H and O–H groups in total. The van der Waals surface area contributed by atoms with Crippen LogP contribution in [0, 0.1) is 18.4 Å². The van der Waals surface area contributed by atoms with Crippen molar-refractivity contribution in [3.8, 4) is 0 Å². The van der Waals surface area contributed by atoms with E-state index in [1.807, 2.05) is 0 Å². The summed E-state index contributed by atoms with van der Waals surface area (Å²) >= 11 is 0. The topological polar surface area (TPSA) is 26.1 Å². The fourth-order valence-electron chi connectivity index (χ4n) is 1.45. The van der Waals surface area contributed by atoms with Crippen LogP contribution in [0.5, 0.6) is 0 Å². The molecule has 2 radical (unpaired) electrons. The molecular formula is C6H10N2. The number of hydrogen-bond acceptors (Lipinski definition) is 1. The first-order valence-corrected chi connectivity index (χ1v) is 3.17. The molecule has 2 unspecified atom stereocenters. The Balaban J connectivity index is 2.04. The smallest absolute Gasteiger partial charge is 0.0269 e. The van der Waals surface area contributed by atoms with E-state index in [1.165, 1.54) is 0 Å². The van der Waals surface area contributed by atoms with Crippen LogP contribution in [0.1, 0.15) is 0 Å². The van der Waals surface area contributed by atoms with Crippen molar-refractivity contribution in [2.24, 2.45) is 11.8 Å². The highest BCUT2D eigenvalue weighted by Crippen LogP contribution is 2.23. The molecule has 2 atom stereocenters. The Hall–Kier alpha value is -0.0800. The molecule has 2 aliphatic heterocycles. The van der Waals surface area contributed by atoms with E-state index in [2.05, 4.69) is 17.2 Å². The van der Waals surface area contributed by atoms with Gasteiger partial charge in [-0.2, -0.15) is 0 Å². The molecular weight excluding hydrogens is 100 g/mol. The van der Waals surface area contributed by atoms with E-state index in [4.69, 9.17) is 0 Å². The highest BCUT2D eigenvalue weighted by molar-refractivity contribution is 4.95. The normalized spacial score (nSPS) is 45.0. The fourth-order valence-corrected chi connectivity index (χ4v) is 1.45. The van der Waals surface area contributed by atoms with E-state index < -0.39 is 0 Å². The first kappa shape index (κ1) is 4.77. The molecule has 2 heterocycles. The average Bonchev–Trinajstić information content (AvgIpc) is 2.15. The van der Waals surface area contributed by atoms with Crippen LogP contribution >= 0.6 is 0 Å². The van der Waals surface area contributed by atoms with Gasteiger partial charge in [0.2, 0.25) is 0 Å². The van der Waals surface area contributed by atoms with Gasteiger partial charge < -0.3 is 5.32 Å². The number of rotatable bonds is 0. The van der Waals surface area contributed by atoms with Gasteiger partial charge in [0.15, 0.2) is 0 Å². The number of hydrogen-bond donors (Lipinski definition) is 1. The summed E-state index contributed by atoms with van der Waals surface area (Å²) < 4.78 is 0. The predicted octanol–water partition coefficient (Wildman–Crippen LogP) is -0.398. The highest BCUT2D eigenvalue weighted by atomic mass is 15.0. The van der Waals surface area contributed by atoms with Gasteiger partial charge in [-0.05, 0) is 18.4 Å². The van der Waals surface area contributed by atoms with Crippen LogP contribution < -0.4 is 10.6 Å². The molecule has 2 aliphatic rings. The minimum absolute atomic E-state index is 0.773. The van der Waals surface area contributed by atoms with Crippen LogP contribution in [0.3, 0.4) is 0 Å². The van der Waals surface area contributed by atoms with Gasteiger partial charge >= 0.3 is 0 Å². The minimum atomic E-state index is 0.773. The molecule has 0 bridgehead atoms. The Labute approximate surface area is 49.7 Å². The van der Waals surface area contributed by atoms with E-state index in [-0.39, 0.29) is 0 Å². The maximum Gasteiger partial charge on any atom is 0.0269 e. The molecule has 0 aromatic heterocycles. The fraction of sp³-hybridized carbons (Fsp3) is 0.833. The summed E-state index contributed by atoms with van der Waals surface area (Å²) in [6.07, 6.45) is 0. The Bertz CT molecular complexity index is 72.5. The van der Waals surface area contributed by atoms with E-state index in [0.29, 0.717) is 0 Å². The Morgan fingerprint density at radius 1 is 1.50 bits per heavy atom. The largest absolute Gasteiger partial charge is 0.312 e. The van der Waals surface area contributed by atoms with Gasteiger partial charge in [0.25, 0.3) is 0 Å². The highest BCUT2D eigenvalue weighted by Gasteiger charge is 2.31. The number of nitrogens with zero attached hydrogens (tertiary/aromatic N) is 1. The predicted molar refractivity (Wildman–Crippen MR) is 31.2 cm³/mol. The summed E-state index contributed by atoms with van der Waals surface area (Å²) in [4.78, 5) is 0. The first-order valence-electron chi connectivity index (χ1n) is 3.17. The summed E-state index contributed by atoms with van der Waals surface area (Å²) in [6, 6.07) is 0. The first-order chi connectivity index (χ1) is 3.97. The van der Waals surface area contributed by atoms with Gasteiger partial charge in [-0.25, -0.2) is 5.32 Å². The molecule has 0 aromatic rings. The summed E-state index contributed by atoms with van der Waals surface area (Å²) in [5, 5.41) is 7.54. The quantitative estimate of drug-likeness (QED) is 0.451. The van der Waals surface area contributed by atoms with E-state index in [9.17, 15) is 0 Å². The second-order valence-corrected chi connectivity index (χ2v) is 2.59. The summed E-state index contributed by atoms with van der Waals surface area (Å²) in [5.41, 5.74) is 0. The molecule has 0 aliphatic carbocycles. The minimum Gasteiger partial charge on any atom is -0.312 e. The van der Waals surface area contributed by atoms with Crippen molar-refractivity contribution < 1.29 is 0 Å². The average molecular weight is 110 g/mol. The third kappa shape index (κ3) is 0.565. The lowest BCUT2D eigenvalue weighted by molar-refractivity contribution is 0.554. The zero-order chi connectivity index (χ0) is 5.40. The van der Waals surface area contributed by atoms with Crippen LogP contribution in [-0.2, 0) is 0 Å². The Morgan fingerprint density at radius 3 is 3.38 bits per heavy atom. The summed E-state index contributed by atoms with van der Waals surface area (Å²) in [7, 11) is 0. The molecule has 2 heteroatoms. The zero-order valence-corrected chi connectivity index (χ0v) is 4.80. The summed E-state index contributed by atoms with van der Waals surface area (Å²) in [6.45, 7) is 5.52. The third-order valence-electron chi connectivity index (χ3n) is 2.02. The molecule has 2 fully saturated rings. The molecule has 2 nitrogen and oxygen atoms in total. The second-order valence-electron chi connectivity index (χ2n) is 2.59. The molecule has 0 amide bonds. The van der Waals surface area contributed by atoms with E-state index in [0.717, 1.165) is 31.5 Å². The molecule has 0 aromatic carbocycles. The summed E-state index contributed by atoms with van der Waals surface area (Å²) in [5.74, 6) is 1.62. The van der Waals surface area contributed by atoms with Crippen LogP contribution in [-0.4, -0.2) is 19.6 Å². The lowest BCUT2D eigenvalue weighted by Crippen LogP contribution is -2.12. The van der Waals surface area contributed by atoms with Crippen molar-refractivity contribution in [1.82, 2.24) is 10.6 Å². The van der Waals surface area contributed by atoms with Crippen LogP contribution in [0.4, 0.5) is 0 Å². The third-order valence-corrected chi connectivity index (χ3v) is 2.02. The van der Waals surface area contributed by atoms with Crippen molar-refractivity contribution in [2.75, 3.05) is 19.6 Å². The maximum atomic E-state index is 4.30. The molecule has 44 valence electrons. The van der Waals surface area contributed by atoms with Gasteiger partial charge in [0.05, 0.1) is 0 Å². The Morgan fingerprint density at radius 2 is 2.50 bits per heavy atom. The Kier molecular flexibility index (Phi) is 1.02. The lowest BCUT2D eigenvalue weighted by Gasteiger charge is -2.00. The standard InChI is InChI=1S/C6H10N2/c1-5-2-8-4-6(5)3-7-1/h1,5-7H,2-4H2. The monoisotopic (exact) mass is 110 g/mol. The van der Waals surface area contributed by atoms with Crippen molar-refractivity contribution in [3.05, 3.63) is 6.54 Å². The SMILES string of the molecule is [CH]1NCC2C[N]CC12. The van der Waals surface area contributed by atoms with Crippen LogP contribution in [0.15, 0.2) is 0 Å². The molecule has 0 saturated carbocycles. The lowest BCUT2D eigenvalue weighted by atomic mass is 10.0.